The lowest BCUT2D eigenvalue weighted by molar-refractivity contribution is -0.159. The summed E-state index contributed by atoms with van der Waals surface area (Å²) >= 11 is 0. The second kappa shape index (κ2) is 8.24. The van der Waals surface area contributed by atoms with E-state index >= 15 is 0 Å². The van der Waals surface area contributed by atoms with Crippen LogP contribution in [0, 0.1) is 11.8 Å². The monoisotopic (exact) mass is 462 g/mol. The van der Waals surface area contributed by atoms with Gasteiger partial charge in [-0.2, -0.15) is 0 Å². The van der Waals surface area contributed by atoms with Gasteiger partial charge in [0.25, 0.3) is 0 Å². The van der Waals surface area contributed by atoms with Gasteiger partial charge in [-0.25, -0.2) is 9.59 Å². The fourth-order valence-electron chi connectivity index (χ4n) is 4.82. The van der Waals surface area contributed by atoms with Crippen molar-refractivity contribution in [3.8, 4) is 0 Å². The van der Waals surface area contributed by atoms with E-state index in [1.54, 1.807) is 13.0 Å². The molecule has 0 unspecified atom stereocenters. The van der Waals surface area contributed by atoms with Gasteiger partial charge in [-0.15, -0.1) is 0 Å². The van der Waals surface area contributed by atoms with E-state index in [2.05, 4.69) is 6.58 Å². The minimum atomic E-state index is -0.984. The molecular formula is C25H34O8. The fourth-order valence-corrected chi connectivity index (χ4v) is 4.82. The molecule has 8 heteroatoms. The average Bonchev–Trinajstić information content (AvgIpc) is 3.49. The van der Waals surface area contributed by atoms with E-state index < -0.39 is 47.4 Å². The summed E-state index contributed by atoms with van der Waals surface area (Å²) in [5, 5.41) is 0. The standard InChI is InChI=1S/C25H34O8/c1-12(2)8-20(26)29-16-10-19-24(6,33-19)11-18(31-23(28)25(7)15(5)32-25)21-14(4)22(27)30-17(21)9-13(16)3/h9,12,15-19,21H,4,8,10-11H2,1-3,5-7H3/b13-9-/t15-,16+,17-,18-,19-,21+,24-,25+/m1/s1. The van der Waals surface area contributed by atoms with Gasteiger partial charge in [0.1, 0.15) is 18.3 Å². The van der Waals surface area contributed by atoms with Gasteiger partial charge in [0.05, 0.1) is 23.7 Å². The molecule has 8 atom stereocenters. The van der Waals surface area contributed by atoms with Crippen LogP contribution in [0.15, 0.2) is 23.8 Å². The Morgan fingerprint density at radius 1 is 1.24 bits per heavy atom. The molecule has 3 saturated heterocycles. The molecule has 0 saturated carbocycles. The van der Waals surface area contributed by atoms with Gasteiger partial charge < -0.3 is 23.7 Å². The maximum absolute atomic E-state index is 12.9. The second-order valence-electron chi connectivity index (χ2n) is 10.6. The molecule has 0 spiro atoms. The van der Waals surface area contributed by atoms with Crippen molar-refractivity contribution in [1.82, 2.24) is 0 Å². The summed E-state index contributed by atoms with van der Waals surface area (Å²) in [5.41, 5.74) is -0.549. The van der Waals surface area contributed by atoms with E-state index in [0.717, 1.165) is 5.57 Å². The Balaban J connectivity index is 1.63. The molecule has 0 radical (unpaired) electrons. The van der Waals surface area contributed by atoms with E-state index in [4.69, 9.17) is 23.7 Å². The largest absolute Gasteiger partial charge is 0.459 e. The van der Waals surface area contributed by atoms with Crippen molar-refractivity contribution in [1.29, 1.82) is 0 Å². The predicted molar refractivity (Wildman–Crippen MR) is 117 cm³/mol. The molecular weight excluding hydrogens is 428 g/mol. The first-order chi connectivity index (χ1) is 15.3. The van der Waals surface area contributed by atoms with Crippen molar-refractivity contribution in [2.24, 2.45) is 11.8 Å². The highest BCUT2D eigenvalue weighted by Crippen LogP contribution is 2.49. The molecule has 0 bridgehead atoms. The third kappa shape index (κ3) is 4.60. The SMILES string of the molecule is C=C1C(=O)O[C@@H]2/C=C(/C)[C@@H](OC(=O)CC(C)C)C[C@H]3O[C@]3(C)C[C@@H](OC(=O)[C@@]3(C)O[C@@H]3C)[C@@H]12. The molecule has 0 aromatic carbocycles. The Kier molecular flexibility index (Phi) is 5.98. The Morgan fingerprint density at radius 3 is 2.52 bits per heavy atom. The van der Waals surface area contributed by atoms with Crippen LogP contribution >= 0.6 is 0 Å². The van der Waals surface area contributed by atoms with E-state index in [1.807, 2.05) is 34.6 Å². The molecule has 33 heavy (non-hydrogen) atoms. The third-order valence-corrected chi connectivity index (χ3v) is 7.32. The molecule has 8 nitrogen and oxygen atoms in total. The first-order valence-corrected chi connectivity index (χ1v) is 11.7. The molecule has 182 valence electrons. The van der Waals surface area contributed by atoms with E-state index in [9.17, 15) is 14.4 Å². The van der Waals surface area contributed by atoms with Gasteiger partial charge in [-0.05, 0) is 45.3 Å². The van der Waals surface area contributed by atoms with Crippen LogP contribution < -0.4 is 0 Å². The van der Waals surface area contributed by atoms with Gasteiger partial charge in [0.15, 0.2) is 5.60 Å². The van der Waals surface area contributed by atoms with Crippen molar-refractivity contribution >= 4 is 17.9 Å². The number of rotatable bonds is 5. The molecule has 0 N–H and O–H groups in total. The number of carbonyl (C=O) groups excluding carboxylic acids is 3. The lowest BCUT2D eigenvalue weighted by atomic mass is 9.82. The third-order valence-electron chi connectivity index (χ3n) is 7.32. The Morgan fingerprint density at radius 2 is 1.91 bits per heavy atom. The summed E-state index contributed by atoms with van der Waals surface area (Å²) in [7, 11) is 0. The fraction of sp³-hybridized carbons (Fsp3) is 0.720. The normalized spacial score (nSPS) is 43.5. The topological polar surface area (TPSA) is 104 Å². The molecule has 1 aliphatic carbocycles. The highest BCUT2D eigenvalue weighted by molar-refractivity contribution is 5.91. The first-order valence-electron chi connectivity index (χ1n) is 11.7. The van der Waals surface area contributed by atoms with Crippen LogP contribution in [0.1, 0.15) is 60.8 Å². The molecule has 3 heterocycles. The molecule has 0 aromatic rings. The zero-order chi connectivity index (χ0) is 24.3. The van der Waals surface area contributed by atoms with Crippen LogP contribution in [-0.2, 0) is 38.1 Å². The summed E-state index contributed by atoms with van der Waals surface area (Å²) in [6.45, 7) is 15.2. The zero-order valence-electron chi connectivity index (χ0n) is 20.2. The molecule has 0 aromatic heterocycles. The van der Waals surface area contributed by atoms with Gasteiger partial charge in [-0.3, -0.25) is 4.79 Å². The quantitative estimate of drug-likeness (QED) is 0.202. The molecule has 4 aliphatic rings. The van der Waals surface area contributed by atoms with Crippen molar-refractivity contribution in [2.75, 3.05) is 0 Å². The summed E-state index contributed by atoms with van der Waals surface area (Å²) in [5.74, 6) is -1.65. The Bertz CT molecular complexity index is 906. The highest BCUT2D eigenvalue weighted by Gasteiger charge is 2.61. The van der Waals surface area contributed by atoms with Crippen LogP contribution in [-0.4, -0.2) is 59.6 Å². The summed E-state index contributed by atoms with van der Waals surface area (Å²) in [4.78, 5) is 37.7. The average molecular weight is 463 g/mol. The number of hydrogen-bond donors (Lipinski definition) is 0. The minimum absolute atomic E-state index is 0.173. The maximum Gasteiger partial charge on any atom is 0.341 e. The lowest BCUT2D eigenvalue weighted by Gasteiger charge is -2.30. The molecule has 3 fully saturated rings. The minimum Gasteiger partial charge on any atom is -0.459 e. The van der Waals surface area contributed by atoms with Crippen molar-refractivity contribution < 1.29 is 38.1 Å². The molecule has 3 aliphatic heterocycles. The molecule has 4 rings (SSSR count). The zero-order valence-corrected chi connectivity index (χ0v) is 20.2. The van der Waals surface area contributed by atoms with E-state index in [1.165, 1.54) is 0 Å². The van der Waals surface area contributed by atoms with Crippen LogP contribution in [0.25, 0.3) is 0 Å². The number of epoxide rings is 2. The smallest absolute Gasteiger partial charge is 0.341 e. The van der Waals surface area contributed by atoms with Gasteiger partial charge in [-0.1, -0.05) is 20.4 Å². The highest BCUT2D eigenvalue weighted by atomic mass is 16.7. The molecule has 0 amide bonds. The van der Waals surface area contributed by atoms with Crippen LogP contribution in [0.5, 0.6) is 0 Å². The number of carbonyl (C=O) groups is 3. The van der Waals surface area contributed by atoms with Gasteiger partial charge in [0, 0.05) is 24.8 Å². The van der Waals surface area contributed by atoms with Gasteiger partial charge in [0.2, 0.25) is 0 Å². The Hall–Kier alpha value is -2.19. The number of ether oxygens (including phenoxy) is 5. The maximum atomic E-state index is 12.9. The summed E-state index contributed by atoms with van der Waals surface area (Å²) in [6, 6.07) is 0. The second-order valence-corrected chi connectivity index (χ2v) is 10.6. The van der Waals surface area contributed by atoms with E-state index in [0.29, 0.717) is 19.3 Å². The summed E-state index contributed by atoms with van der Waals surface area (Å²) in [6.07, 6.45) is 0.710. The van der Waals surface area contributed by atoms with Crippen molar-refractivity contribution in [2.45, 2.75) is 103 Å². The lowest BCUT2D eigenvalue weighted by Crippen LogP contribution is -2.40. The number of hydrogen-bond acceptors (Lipinski definition) is 8. The van der Waals surface area contributed by atoms with Crippen molar-refractivity contribution in [3.63, 3.8) is 0 Å². The predicted octanol–water partition coefficient (Wildman–Crippen LogP) is 3.03. The van der Waals surface area contributed by atoms with E-state index in [-0.39, 0.29) is 29.7 Å². The Labute approximate surface area is 194 Å². The first kappa shape index (κ1) is 24.0. The van der Waals surface area contributed by atoms with Crippen LogP contribution in [0.2, 0.25) is 0 Å². The number of fused-ring (bicyclic) bond motifs is 2. The van der Waals surface area contributed by atoms with Gasteiger partial charge >= 0.3 is 17.9 Å². The van der Waals surface area contributed by atoms with Crippen molar-refractivity contribution in [3.05, 3.63) is 23.8 Å². The van der Waals surface area contributed by atoms with Crippen LogP contribution in [0.4, 0.5) is 0 Å². The van der Waals surface area contributed by atoms with Crippen LogP contribution in [0.3, 0.4) is 0 Å². The number of esters is 3. The summed E-state index contributed by atoms with van der Waals surface area (Å²) < 4.78 is 28.8.